The van der Waals surface area contributed by atoms with Crippen LogP contribution in [0.5, 0.6) is 0 Å². The summed E-state index contributed by atoms with van der Waals surface area (Å²) in [6.07, 6.45) is 0.916. The molecule has 1 aliphatic heterocycles. The molecule has 9 heteroatoms. The van der Waals surface area contributed by atoms with Crippen molar-refractivity contribution < 1.29 is 18.4 Å². The maximum Gasteiger partial charge on any atom is 0.293 e. The van der Waals surface area contributed by atoms with Gasteiger partial charge in [0.2, 0.25) is 0 Å². The van der Waals surface area contributed by atoms with Crippen molar-refractivity contribution in [3.05, 3.63) is 28.3 Å². The number of nitro benzene ring substituents is 1. The lowest BCUT2D eigenvalue weighted by atomic mass is 9.90. The van der Waals surface area contributed by atoms with Gasteiger partial charge in [-0.15, -0.1) is 0 Å². The minimum absolute atomic E-state index is 0.0568. The lowest BCUT2D eigenvalue weighted by Gasteiger charge is -2.46. The molecule has 0 aromatic heterocycles. The molecule has 1 aromatic rings. The van der Waals surface area contributed by atoms with Gasteiger partial charge >= 0.3 is 0 Å². The van der Waals surface area contributed by atoms with E-state index in [2.05, 4.69) is 0 Å². The first-order valence-electron chi connectivity index (χ1n) is 5.99. The number of β-amino-alcohol motifs (C(OH)–C–C–N with tert-alkyl or cyclic N) is 1. The van der Waals surface area contributed by atoms with Crippen LogP contribution < -0.4 is 4.90 Å². The first-order chi connectivity index (χ1) is 9.66. The fourth-order valence-electron chi connectivity index (χ4n) is 2.24. The van der Waals surface area contributed by atoms with Gasteiger partial charge in [0.15, 0.2) is 9.84 Å². The van der Waals surface area contributed by atoms with Crippen LogP contribution in [0.1, 0.15) is 6.42 Å². The SMILES string of the molecule is CS(=O)(=O)c1ccc(N2CC(O)(CC#N)C2)c([N+](=O)[O-])c1. The maximum atomic E-state index is 11.4. The van der Waals surface area contributed by atoms with E-state index in [1.165, 1.54) is 12.1 Å². The third-order valence-corrected chi connectivity index (χ3v) is 4.40. The number of hydrogen-bond acceptors (Lipinski definition) is 7. The highest BCUT2D eigenvalue weighted by atomic mass is 32.2. The second-order valence-corrected chi connectivity index (χ2v) is 7.11. The number of aliphatic hydroxyl groups is 1. The summed E-state index contributed by atoms with van der Waals surface area (Å²) in [5.41, 5.74) is -1.27. The van der Waals surface area contributed by atoms with Crippen molar-refractivity contribution in [3.8, 4) is 6.07 Å². The molecule has 1 aromatic carbocycles. The molecule has 0 bridgehead atoms. The van der Waals surface area contributed by atoms with Crippen LogP contribution in [0, 0.1) is 21.4 Å². The highest BCUT2D eigenvalue weighted by molar-refractivity contribution is 7.90. The highest BCUT2D eigenvalue weighted by Crippen LogP contribution is 2.37. The Balaban J connectivity index is 2.34. The highest BCUT2D eigenvalue weighted by Gasteiger charge is 2.43. The summed E-state index contributed by atoms with van der Waals surface area (Å²) in [6.45, 7) is 0.194. The second kappa shape index (κ2) is 4.98. The number of nitriles is 1. The molecule has 0 spiro atoms. The van der Waals surface area contributed by atoms with Gasteiger partial charge in [0.25, 0.3) is 5.69 Å². The van der Waals surface area contributed by atoms with Gasteiger partial charge in [0.05, 0.1) is 22.3 Å². The zero-order valence-electron chi connectivity index (χ0n) is 11.2. The first kappa shape index (κ1) is 15.2. The van der Waals surface area contributed by atoms with E-state index in [1.54, 1.807) is 4.90 Å². The van der Waals surface area contributed by atoms with Crippen LogP contribution >= 0.6 is 0 Å². The van der Waals surface area contributed by atoms with Crippen LogP contribution in [0.25, 0.3) is 0 Å². The van der Waals surface area contributed by atoms with E-state index in [1.807, 2.05) is 6.07 Å². The predicted molar refractivity (Wildman–Crippen MR) is 73.6 cm³/mol. The number of nitrogens with zero attached hydrogens (tertiary/aromatic N) is 3. The van der Waals surface area contributed by atoms with Crippen molar-refractivity contribution in [1.29, 1.82) is 5.26 Å². The van der Waals surface area contributed by atoms with E-state index >= 15 is 0 Å². The molecule has 21 heavy (non-hydrogen) atoms. The minimum atomic E-state index is -3.54. The molecule has 8 nitrogen and oxygen atoms in total. The number of anilines is 1. The molecular formula is C12H13N3O5S. The largest absolute Gasteiger partial charge is 0.385 e. The summed E-state index contributed by atoms with van der Waals surface area (Å²) < 4.78 is 22.9. The van der Waals surface area contributed by atoms with Gasteiger partial charge in [0, 0.05) is 25.4 Å². The summed E-state index contributed by atoms with van der Waals surface area (Å²) in [5.74, 6) is 0. The number of sulfone groups is 1. The van der Waals surface area contributed by atoms with Crippen LogP contribution in [0.15, 0.2) is 23.1 Å². The second-order valence-electron chi connectivity index (χ2n) is 5.10. The van der Waals surface area contributed by atoms with Crippen LogP contribution in [0.3, 0.4) is 0 Å². The van der Waals surface area contributed by atoms with Crippen LogP contribution in [-0.4, -0.2) is 43.4 Å². The van der Waals surface area contributed by atoms with Crippen LogP contribution in [0.4, 0.5) is 11.4 Å². The summed E-state index contributed by atoms with van der Waals surface area (Å²) >= 11 is 0. The zero-order valence-corrected chi connectivity index (χ0v) is 12.0. The third-order valence-electron chi connectivity index (χ3n) is 3.29. The summed E-state index contributed by atoms with van der Waals surface area (Å²) in [4.78, 5) is 11.9. The molecule has 0 saturated carbocycles. The van der Waals surface area contributed by atoms with Gasteiger partial charge in [-0.25, -0.2) is 8.42 Å². The predicted octanol–water partition coefficient (Wildman–Crippen LogP) is 0.463. The zero-order chi connectivity index (χ0) is 15.8. The molecule has 0 unspecified atom stereocenters. The topological polar surface area (TPSA) is 125 Å². The molecule has 0 aliphatic carbocycles. The van der Waals surface area contributed by atoms with Crippen molar-refractivity contribution in [2.45, 2.75) is 16.9 Å². The lowest BCUT2D eigenvalue weighted by molar-refractivity contribution is -0.384. The van der Waals surface area contributed by atoms with Crippen molar-refractivity contribution in [2.75, 3.05) is 24.2 Å². The molecule has 0 amide bonds. The molecular weight excluding hydrogens is 298 g/mol. The Hall–Kier alpha value is -2.18. The van der Waals surface area contributed by atoms with Crippen molar-refractivity contribution in [2.24, 2.45) is 0 Å². The van der Waals surface area contributed by atoms with E-state index in [0.717, 1.165) is 12.3 Å². The van der Waals surface area contributed by atoms with E-state index < -0.39 is 20.4 Å². The normalized spacial score (nSPS) is 16.9. The molecule has 0 atom stereocenters. The van der Waals surface area contributed by atoms with Crippen molar-refractivity contribution >= 4 is 21.2 Å². The van der Waals surface area contributed by atoms with E-state index in [4.69, 9.17) is 5.26 Å². The van der Waals surface area contributed by atoms with Gasteiger partial charge in [-0.05, 0) is 12.1 Å². The van der Waals surface area contributed by atoms with E-state index in [9.17, 15) is 23.6 Å². The third kappa shape index (κ3) is 2.96. The fraction of sp³-hybridized carbons (Fsp3) is 0.417. The Kier molecular flexibility index (Phi) is 3.61. The number of rotatable bonds is 4. The quantitative estimate of drug-likeness (QED) is 0.632. The monoisotopic (exact) mass is 311 g/mol. The van der Waals surface area contributed by atoms with Gasteiger partial charge in [-0.1, -0.05) is 0 Å². The molecule has 1 fully saturated rings. The molecule has 112 valence electrons. The van der Waals surface area contributed by atoms with Crippen LogP contribution in [-0.2, 0) is 9.84 Å². The maximum absolute atomic E-state index is 11.4. The molecule has 2 rings (SSSR count). The number of benzene rings is 1. The first-order valence-corrected chi connectivity index (χ1v) is 7.88. The van der Waals surface area contributed by atoms with Crippen molar-refractivity contribution in [3.63, 3.8) is 0 Å². The molecule has 1 heterocycles. The number of hydrogen-bond donors (Lipinski definition) is 1. The molecule has 1 aliphatic rings. The summed E-state index contributed by atoms with van der Waals surface area (Å²) in [7, 11) is -3.54. The molecule has 0 radical (unpaired) electrons. The fourth-order valence-corrected chi connectivity index (χ4v) is 2.88. The lowest BCUT2D eigenvalue weighted by Crippen LogP contribution is -2.61. The standard InChI is InChI=1S/C12H13N3O5S/c1-21(19,20)9-2-3-10(11(6-9)15(17)18)14-7-12(16,8-14)4-5-13/h2-3,6,16H,4,7-8H2,1H3. The summed E-state index contributed by atoms with van der Waals surface area (Å²) in [5, 5.41) is 29.6. The Labute approximate surface area is 121 Å². The Bertz CT molecular complexity index is 732. The van der Waals surface area contributed by atoms with Gasteiger partial charge in [-0.3, -0.25) is 10.1 Å². The van der Waals surface area contributed by atoms with E-state index in [-0.39, 0.29) is 35.8 Å². The molecule has 1 N–H and O–H groups in total. The Morgan fingerprint density at radius 2 is 2.14 bits per heavy atom. The smallest absolute Gasteiger partial charge is 0.293 e. The van der Waals surface area contributed by atoms with Crippen molar-refractivity contribution in [1.82, 2.24) is 0 Å². The number of nitro groups is 1. The Morgan fingerprint density at radius 3 is 2.62 bits per heavy atom. The van der Waals surface area contributed by atoms with Gasteiger partial charge < -0.3 is 10.0 Å². The Morgan fingerprint density at radius 1 is 1.52 bits per heavy atom. The van der Waals surface area contributed by atoms with E-state index in [0.29, 0.717) is 0 Å². The average molecular weight is 311 g/mol. The minimum Gasteiger partial charge on any atom is -0.385 e. The van der Waals surface area contributed by atoms with Crippen LogP contribution in [0.2, 0.25) is 0 Å². The summed E-state index contributed by atoms with van der Waals surface area (Å²) in [6, 6.07) is 5.50. The molecule has 1 saturated heterocycles. The van der Waals surface area contributed by atoms with Gasteiger partial charge in [0.1, 0.15) is 11.3 Å². The average Bonchev–Trinajstić information content (AvgIpc) is 2.34. The van der Waals surface area contributed by atoms with Gasteiger partial charge in [-0.2, -0.15) is 5.26 Å².